The van der Waals surface area contributed by atoms with Crippen molar-refractivity contribution >= 4 is 23.2 Å². The second-order valence-electron chi connectivity index (χ2n) is 4.77. The quantitative estimate of drug-likeness (QED) is 0.725. The Bertz CT molecular complexity index is 668. The number of para-hydroxylation sites is 1. The molecule has 2 amide bonds. The average molecular weight is 283 g/mol. The molecule has 108 valence electrons. The number of nitrogen functional groups attached to an aromatic ring is 1. The molecule has 0 saturated carbocycles. The number of nitrogens with two attached hydrogens (primary N) is 2. The molecule has 0 aliphatic heterocycles. The lowest BCUT2D eigenvalue weighted by atomic mass is 10.1. The molecule has 0 atom stereocenters. The van der Waals surface area contributed by atoms with Crippen molar-refractivity contribution in [3.8, 4) is 0 Å². The molecule has 0 aliphatic rings. The van der Waals surface area contributed by atoms with E-state index in [9.17, 15) is 9.59 Å². The van der Waals surface area contributed by atoms with Crippen molar-refractivity contribution in [2.24, 2.45) is 5.73 Å². The first-order chi connectivity index (χ1) is 10.0. The van der Waals surface area contributed by atoms with Crippen LogP contribution in [0.1, 0.15) is 11.1 Å². The predicted molar refractivity (Wildman–Crippen MR) is 82.5 cm³/mol. The largest absolute Gasteiger partial charge is 0.399 e. The van der Waals surface area contributed by atoms with Gasteiger partial charge in [0, 0.05) is 11.4 Å². The van der Waals surface area contributed by atoms with Crippen LogP contribution in [0.15, 0.2) is 48.5 Å². The van der Waals surface area contributed by atoms with Gasteiger partial charge in [0.2, 0.25) is 11.8 Å². The Kier molecular flexibility index (Phi) is 4.56. The Morgan fingerprint density at radius 2 is 1.76 bits per heavy atom. The van der Waals surface area contributed by atoms with Crippen LogP contribution in [0.5, 0.6) is 0 Å². The van der Waals surface area contributed by atoms with E-state index in [0.717, 1.165) is 5.56 Å². The smallest absolute Gasteiger partial charge is 0.228 e. The standard InChI is InChI=1S/C16H17N3O2/c17-13-6-3-4-11(8-13)9-16(21)19-14-7-2-1-5-12(14)10-15(18)20/h1-8H,9-10,17H2,(H2,18,20)(H,19,21). The van der Waals surface area contributed by atoms with Crippen molar-refractivity contribution in [2.45, 2.75) is 12.8 Å². The number of benzene rings is 2. The zero-order chi connectivity index (χ0) is 15.2. The van der Waals surface area contributed by atoms with Gasteiger partial charge in [-0.15, -0.1) is 0 Å². The highest BCUT2D eigenvalue weighted by atomic mass is 16.2. The molecule has 5 heteroatoms. The minimum atomic E-state index is -0.437. The van der Waals surface area contributed by atoms with Crippen LogP contribution in [0, 0.1) is 0 Å². The van der Waals surface area contributed by atoms with E-state index in [-0.39, 0.29) is 18.7 Å². The molecule has 0 aliphatic carbocycles. The zero-order valence-corrected chi connectivity index (χ0v) is 11.5. The number of rotatable bonds is 5. The fraction of sp³-hybridized carbons (Fsp3) is 0.125. The van der Waals surface area contributed by atoms with Gasteiger partial charge in [0.1, 0.15) is 0 Å². The fourth-order valence-corrected chi connectivity index (χ4v) is 2.07. The van der Waals surface area contributed by atoms with Crippen LogP contribution in [0.2, 0.25) is 0 Å². The van der Waals surface area contributed by atoms with E-state index < -0.39 is 5.91 Å². The van der Waals surface area contributed by atoms with Crippen molar-refractivity contribution in [1.29, 1.82) is 0 Å². The average Bonchev–Trinajstić information content (AvgIpc) is 2.40. The molecule has 0 spiro atoms. The predicted octanol–water partition coefficient (Wildman–Crippen LogP) is 1.48. The molecular weight excluding hydrogens is 266 g/mol. The molecule has 5 N–H and O–H groups in total. The molecule has 0 saturated heterocycles. The Morgan fingerprint density at radius 1 is 1.00 bits per heavy atom. The van der Waals surface area contributed by atoms with Gasteiger partial charge >= 0.3 is 0 Å². The van der Waals surface area contributed by atoms with Crippen LogP contribution in [0.3, 0.4) is 0 Å². The van der Waals surface area contributed by atoms with Gasteiger partial charge in [0.25, 0.3) is 0 Å². The number of carbonyl (C=O) groups excluding carboxylic acids is 2. The Morgan fingerprint density at radius 3 is 2.48 bits per heavy atom. The Hall–Kier alpha value is -2.82. The first-order valence-corrected chi connectivity index (χ1v) is 6.55. The topological polar surface area (TPSA) is 98.2 Å². The van der Waals surface area contributed by atoms with Crippen molar-refractivity contribution in [2.75, 3.05) is 11.1 Å². The molecule has 0 unspecified atom stereocenters. The summed E-state index contributed by atoms with van der Waals surface area (Å²) in [6.07, 6.45) is 0.310. The van der Waals surface area contributed by atoms with E-state index in [0.29, 0.717) is 16.9 Å². The summed E-state index contributed by atoms with van der Waals surface area (Å²) in [5.41, 5.74) is 13.6. The van der Waals surface area contributed by atoms with E-state index in [1.165, 1.54) is 0 Å². The van der Waals surface area contributed by atoms with Crippen LogP contribution in [-0.4, -0.2) is 11.8 Å². The minimum Gasteiger partial charge on any atom is -0.399 e. The maximum Gasteiger partial charge on any atom is 0.228 e. The van der Waals surface area contributed by atoms with Gasteiger partial charge < -0.3 is 16.8 Å². The van der Waals surface area contributed by atoms with Crippen LogP contribution in [0.25, 0.3) is 0 Å². The van der Waals surface area contributed by atoms with Crippen molar-refractivity contribution in [1.82, 2.24) is 0 Å². The third kappa shape index (κ3) is 4.35. The maximum absolute atomic E-state index is 12.1. The van der Waals surface area contributed by atoms with Crippen LogP contribution >= 0.6 is 0 Å². The molecule has 0 fully saturated rings. The van der Waals surface area contributed by atoms with Gasteiger partial charge in [0.05, 0.1) is 12.8 Å². The number of nitrogens with one attached hydrogen (secondary N) is 1. The van der Waals surface area contributed by atoms with E-state index >= 15 is 0 Å². The van der Waals surface area contributed by atoms with Crippen LogP contribution < -0.4 is 16.8 Å². The molecule has 2 aromatic rings. The zero-order valence-electron chi connectivity index (χ0n) is 11.5. The summed E-state index contributed by atoms with van der Waals surface area (Å²) in [6.45, 7) is 0. The van der Waals surface area contributed by atoms with E-state index in [2.05, 4.69) is 5.32 Å². The highest BCUT2D eigenvalue weighted by Crippen LogP contribution is 2.16. The van der Waals surface area contributed by atoms with Gasteiger partial charge in [-0.1, -0.05) is 30.3 Å². The molecule has 5 nitrogen and oxygen atoms in total. The number of carbonyl (C=O) groups is 2. The normalized spacial score (nSPS) is 10.1. The molecule has 0 bridgehead atoms. The summed E-state index contributed by atoms with van der Waals surface area (Å²) >= 11 is 0. The number of hydrogen-bond donors (Lipinski definition) is 3. The molecule has 21 heavy (non-hydrogen) atoms. The van der Waals surface area contributed by atoms with E-state index in [1.807, 2.05) is 6.07 Å². The van der Waals surface area contributed by atoms with Gasteiger partial charge in [-0.2, -0.15) is 0 Å². The minimum absolute atomic E-state index is 0.0920. The van der Waals surface area contributed by atoms with E-state index in [1.54, 1.807) is 42.5 Å². The van der Waals surface area contributed by atoms with Gasteiger partial charge in [-0.3, -0.25) is 9.59 Å². The third-order valence-electron chi connectivity index (χ3n) is 2.97. The first kappa shape index (κ1) is 14.6. The van der Waals surface area contributed by atoms with Gasteiger partial charge in [0.15, 0.2) is 0 Å². The summed E-state index contributed by atoms with van der Waals surface area (Å²) in [5.74, 6) is -0.606. The summed E-state index contributed by atoms with van der Waals surface area (Å²) < 4.78 is 0. The third-order valence-corrected chi connectivity index (χ3v) is 2.97. The summed E-state index contributed by atoms with van der Waals surface area (Å²) in [5, 5.41) is 2.80. The summed E-state index contributed by atoms with van der Waals surface area (Å²) in [4.78, 5) is 23.1. The van der Waals surface area contributed by atoms with Crippen molar-refractivity contribution in [3.05, 3.63) is 59.7 Å². The lowest BCUT2D eigenvalue weighted by Crippen LogP contribution is -2.18. The number of primary amides is 1. The second-order valence-corrected chi connectivity index (χ2v) is 4.77. The highest BCUT2D eigenvalue weighted by molar-refractivity contribution is 5.94. The maximum atomic E-state index is 12.1. The first-order valence-electron chi connectivity index (χ1n) is 6.55. The molecule has 0 heterocycles. The van der Waals surface area contributed by atoms with Crippen molar-refractivity contribution in [3.63, 3.8) is 0 Å². The molecular formula is C16H17N3O2. The molecule has 0 radical (unpaired) electrons. The van der Waals surface area contributed by atoms with E-state index in [4.69, 9.17) is 11.5 Å². The highest BCUT2D eigenvalue weighted by Gasteiger charge is 2.09. The van der Waals surface area contributed by atoms with Gasteiger partial charge in [-0.25, -0.2) is 0 Å². The Balaban J connectivity index is 2.07. The van der Waals surface area contributed by atoms with Crippen molar-refractivity contribution < 1.29 is 9.59 Å². The lowest BCUT2D eigenvalue weighted by molar-refractivity contribution is -0.117. The number of anilines is 2. The number of amides is 2. The lowest BCUT2D eigenvalue weighted by Gasteiger charge is -2.10. The molecule has 2 rings (SSSR count). The van der Waals surface area contributed by atoms with Gasteiger partial charge in [-0.05, 0) is 29.3 Å². The number of hydrogen-bond acceptors (Lipinski definition) is 3. The SMILES string of the molecule is NC(=O)Cc1ccccc1NC(=O)Cc1cccc(N)c1. The monoisotopic (exact) mass is 283 g/mol. The van der Waals surface area contributed by atoms with Crippen LogP contribution in [0.4, 0.5) is 11.4 Å². The summed E-state index contributed by atoms with van der Waals surface area (Å²) in [7, 11) is 0. The van der Waals surface area contributed by atoms with Crippen LogP contribution in [-0.2, 0) is 22.4 Å². The Labute approximate surface area is 123 Å². The molecule has 2 aromatic carbocycles. The molecule has 0 aromatic heterocycles. The second kappa shape index (κ2) is 6.56. The summed E-state index contributed by atoms with van der Waals surface area (Å²) in [6, 6.07) is 14.3. The fourth-order valence-electron chi connectivity index (χ4n) is 2.07.